The van der Waals surface area contributed by atoms with Gasteiger partial charge in [0.1, 0.15) is 0 Å². The topological polar surface area (TPSA) is 63.1 Å². The van der Waals surface area contributed by atoms with E-state index in [9.17, 15) is 9.59 Å². The Morgan fingerprint density at radius 1 is 1.56 bits per heavy atom. The molecular weight excluding hydrogens is 316 g/mol. The van der Waals surface area contributed by atoms with Crippen LogP contribution in [-0.4, -0.2) is 40.1 Å². The molecule has 1 radical (unpaired) electrons. The zero-order chi connectivity index (χ0) is 11.7. The maximum atomic E-state index is 11.5. The summed E-state index contributed by atoms with van der Waals surface area (Å²) in [6, 6.07) is 3.46. The van der Waals surface area contributed by atoms with E-state index in [-0.39, 0.29) is 5.78 Å². The van der Waals surface area contributed by atoms with Crippen molar-refractivity contribution in [1.29, 1.82) is 0 Å². The Hall–Kier alpha value is -1.28. The third-order valence-electron chi connectivity index (χ3n) is 2.27. The molecule has 2 aromatic heterocycles. The number of H-pyrrole nitrogens is 1. The third-order valence-corrected chi connectivity index (χ3v) is 3.34. The summed E-state index contributed by atoms with van der Waals surface area (Å²) in [5, 5.41) is 0. The first-order valence-electron chi connectivity index (χ1n) is 4.62. The number of hydrogen-bond donors (Lipinski definition) is 1. The van der Waals surface area contributed by atoms with E-state index in [1.807, 2.05) is 0 Å². The molecule has 0 bridgehead atoms. The van der Waals surface area contributed by atoms with Crippen LogP contribution in [0.5, 0.6) is 0 Å². The summed E-state index contributed by atoms with van der Waals surface area (Å²) in [5.41, 5.74) is 1.52. The molecule has 81 valence electrons. The van der Waals surface area contributed by atoms with Crippen molar-refractivity contribution in [1.82, 2.24) is 4.98 Å². The van der Waals surface area contributed by atoms with E-state index in [1.165, 1.54) is 13.2 Å². The summed E-state index contributed by atoms with van der Waals surface area (Å²) in [5.74, 6) is 0.472. The van der Waals surface area contributed by atoms with Crippen LogP contribution in [0.2, 0.25) is 0 Å². The van der Waals surface area contributed by atoms with Gasteiger partial charge in [-0.3, -0.25) is 0 Å². The molecule has 2 aromatic rings. The van der Waals surface area contributed by atoms with Gasteiger partial charge in [0.25, 0.3) is 0 Å². The normalized spacial score (nSPS) is 10.4. The number of aromatic nitrogens is 1. The number of furan rings is 1. The number of nitrogens with one attached hydrogen (secondary N) is 1. The molecule has 2 heterocycles. The first-order chi connectivity index (χ1) is 7.65. The summed E-state index contributed by atoms with van der Waals surface area (Å²) in [4.78, 5) is 25.4. The number of rotatable bonds is 3. The average Bonchev–Trinajstić information content (AvgIpc) is 2.82. The fourth-order valence-corrected chi connectivity index (χ4v) is 2.88. The molecule has 0 unspecified atom stereocenters. The number of carbonyl (C=O) groups is 2. The van der Waals surface area contributed by atoms with E-state index in [1.54, 1.807) is 12.1 Å². The molecule has 0 aromatic carbocycles. The van der Waals surface area contributed by atoms with Crippen LogP contribution in [0, 0.1) is 0 Å². The molecule has 1 N–H and O–H groups in total. The van der Waals surface area contributed by atoms with Crippen LogP contribution in [-0.2, 0) is 0 Å². The van der Waals surface area contributed by atoms with E-state index < -0.39 is 0 Å². The van der Waals surface area contributed by atoms with Gasteiger partial charge in [-0.2, -0.15) is 0 Å². The fourth-order valence-electron chi connectivity index (χ4n) is 1.64. The summed E-state index contributed by atoms with van der Waals surface area (Å²) >= 11 is 1.06. The van der Waals surface area contributed by atoms with Gasteiger partial charge in [0.05, 0.1) is 0 Å². The molecule has 0 saturated carbocycles. The van der Waals surface area contributed by atoms with Crippen molar-refractivity contribution in [2.45, 2.75) is 6.92 Å². The predicted octanol–water partition coefficient (Wildman–Crippen LogP) is 0.816. The summed E-state index contributed by atoms with van der Waals surface area (Å²) in [6.45, 7) is 1.48. The molecule has 5 heteroatoms. The molecule has 0 atom stereocenters. The van der Waals surface area contributed by atoms with Crippen molar-refractivity contribution in [2.24, 2.45) is 0 Å². The van der Waals surface area contributed by atoms with Gasteiger partial charge in [0, 0.05) is 0 Å². The van der Waals surface area contributed by atoms with Gasteiger partial charge in [0.15, 0.2) is 0 Å². The van der Waals surface area contributed by atoms with Gasteiger partial charge in [0.2, 0.25) is 0 Å². The van der Waals surface area contributed by atoms with Crippen molar-refractivity contribution in [3.63, 3.8) is 0 Å². The molecule has 0 aliphatic rings. The van der Waals surface area contributed by atoms with Gasteiger partial charge >= 0.3 is 106 Å². The summed E-state index contributed by atoms with van der Waals surface area (Å²) in [6.07, 6.45) is 2.22. The first kappa shape index (κ1) is 11.2. The van der Waals surface area contributed by atoms with Crippen molar-refractivity contribution in [2.75, 3.05) is 0 Å². The van der Waals surface area contributed by atoms with Crippen LogP contribution in [0.4, 0.5) is 0 Å². The number of Topliss-reactive ketones (excluding diaryl/α,β-unsaturated/α-hetero) is 1. The second-order valence-electron chi connectivity index (χ2n) is 3.32. The van der Waals surface area contributed by atoms with Gasteiger partial charge in [-0.15, -0.1) is 0 Å². The molecule has 0 fully saturated rings. The Kier molecular flexibility index (Phi) is 3.01. The first-order valence-corrected chi connectivity index (χ1v) is 6.05. The minimum atomic E-state index is -0.0671. The number of carbonyl (C=O) groups excluding carboxylic acids is 2. The number of aromatic amines is 1. The molecule has 0 aliphatic heterocycles. The SMILES string of the molecule is CC(=O)c1[c]([SbH])[nH]c(C=O)c1-c1ccco1. The Bertz CT molecular complexity index is 540. The van der Waals surface area contributed by atoms with Crippen molar-refractivity contribution < 1.29 is 14.0 Å². The average molecular weight is 325 g/mol. The Labute approximate surface area is 106 Å². The maximum absolute atomic E-state index is 11.5. The monoisotopic (exact) mass is 324 g/mol. The van der Waals surface area contributed by atoms with Crippen molar-refractivity contribution in [3.8, 4) is 11.3 Å². The predicted molar refractivity (Wildman–Crippen MR) is 60.7 cm³/mol. The van der Waals surface area contributed by atoms with Crippen LogP contribution >= 0.6 is 0 Å². The molecular formula is C11H9NO3Sb. The number of aldehydes is 1. The third kappa shape index (κ3) is 1.74. The van der Waals surface area contributed by atoms with E-state index in [0.717, 1.165) is 26.7 Å². The van der Waals surface area contributed by atoms with E-state index >= 15 is 0 Å². The zero-order valence-electron chi connectivity index (χ0n) is 8.53. The van der Waals surface area contributed by atoms with E-state index in [0.29, 0.717) is 28.9 Å². The Balaban J connectivity index is 2.74. The standard InChI is InChI=1S/C11H8NO3.Sb.H/c1-7(14)8-5-12-9(6-13)11(8)10-3-2-4-15-10;;/h2-4,6,12H,1H3;;. The molecule has 0 spiro atoms. The number of ketones is 1. The van der Waals surface area contributed by atoms with E-state index in [2.05, 4.69) is 4.98 Å². The summed E-state index contributed by atoms with van der Waals surface area (Å²) < 4.78 is 6.02. The van der Waals surface area contributed by atoms with Crippen LogP contribution in [0.1, 0.15) is 27.8 Å². The molecule has 0 amide bonds. The fraction of sp³-hybridized carbons (Fsp3) is 0.0909. The number of hydrogen-bond acceptors (Lipinski definition) is 3. The van der Waals surface area contributed by atoms with Gasteiger partial charge in [-0.1, -0.05) is 0 Å². The molecule has 2 rings (SSSR count). The second kappa shape index (κ2) is 4.30. The van der Waals surface area contributed by atoms with Crippen LogP contribution in [0.25, 0.3) is 11.3 Å². The quantitative estimate of drug-likeness (QED) is 0.516. The Morgan fingerprint density at radius 3 is 2.81 bits per heavy atom. The molecule has 0 saturated heterocycles. The Morgan fingerprint density at radius 2 is 2.31 bits per heavy atom. The van der Waals surface area contributed by atoms with Crippen LogP contribution < -0.4 is 3.64 Å². The van der Waals surface area contributed by atoms with E-state index in [4.69, 9.17) is 4.42 Å². The van der Waals surface area contributed by atoms with Crippen molar-refractivity contribution in [3.05, 3.63) is 29.7 Å². The van der Waals surface area contributed by atoms with Gasteiger partial charge in [-0.25, -0.2) is 0 Å². The van der Waals surface area contributed by atoms with Crippen LogP contribution in [0.15, 0.2) is 22.8 Å². The molecule has 4 nitrogen and oxygen atoms in total. The van der Waals surface area contributed by atoms with Crippen molar-refractivity contribution >= 4 is 38.7 Å². The molecule has 16 heavy (non-hydrogen) atoms. The second-order valence-corrected chi connectivity index (χ2v) is 4.74. The van der Waals surface area contributed by atoms with Gasteiger partial charge in [-0.05, 0) is 0 Å². The van der Waals surface area contributed by atoms with Gasteiger partial charge < -0.3 is 0 Å². The van der Waals surface area contributed by atoms with Crippen LogP contribution in [0.3, 0.4) is 0 Å². The summed E-state index contributed by atoms with van der Waals surface area (Å²) in [7, 11) is 0. The molecule has 0 aliphatic carbocycles. The zero-order valence-corrected chi connectivity index (χ0v) is 11.4. The minimum absolute atomic E-state index is 0.0671.